The Bertz CT molecular complexity index is 183. The predicted molar refractivity (Wildman–Crippen MR) is 59.1 cm³/mol. The fourth-order valence-corrected chi connectivity index (χ4v) is 0.991. The van der Waals surface area contributed by atoms with E-state index in [1.807, 2.05) is 0 Å². The molecular formula is C12H20O2. The molecule has 14 heavy (non-hydrogen) atoms. The van der Waals surface area contributed by atoms with Gasteiger partial charge in [0.15, 0.2) is 0 Å². The Morgan fingerprint density at radius 2 is 1.93 bits per heavy atom. The topological polar surface area (TPSA) is 26.3 Å². The molecule has 0 aromatic rings. The number of rotatable bonds is 8. The van der Waals surface area contributed by atoms with Crippen molar-refractivity contribution in [2.45, 2.75) is 39.0 Å². The van der Waals surface area contributed by atoms with E-state index in [9.17, 15) is 4.79 Å². The lowest BCUT2D eigenvalue weighted by atomic mass is 10.2. The SMILES string of the molecule is C=CC(=O)OCCCC=CCCCC. The van der Waals surface area contributed by atoms with Gasteiger partial charge in [-0.2, -0.15) is 0 Å². The summed E-state index contributed by atoms with van der Waals surface area (Å²) in [6.07, 6.45) is 11.1. The minimum Gasteiger partial charge on any atom is -0.463 e. The molecule has 0 rings (SSSR count). The standard InChI is InChI=1S/C12H20O2/c1-3-5-6-7-8-9-10-11-14-12(13)4-2/h4,7-8H,2-3,5-6,9-11H2,1H3. The molecule has 0 amide bonds. The Morgan fingerprint density at radius 3 is 2.50 bits per heavy atom. The predicted octanol–water partition coefficient (Wildman–Crippen LogP) is 3.24. The first-order valence-corrected chi connectivity index (χ1v) is 5.25. The van der Waals surface area contributed by atoms with Gasteiger partial charge in [0.05, 0.1) is 6.61 Å². The van der Waals surface area contributed by atoms with Crippen LogP contribution in [0.15, 0.2) is 24.8 Å². The lowest BCUT2D eigenvalue weighted by Gasteiger charge is -1.98. The Labute approximate surface area is 86.6 Å². The fourth-order valence-electron chi connectivity index (χ4n) is 0.991. The molecule has 0 bridgehead atoms. The smallest absolute Gasteiger partial charge is 0.330 e. The largest absolute Gasteiger partial charge is 0.463 e. The van der Waals surface area contributed by atoms with Gasteiger partial charge in [-0.25, -0.2) is 4.79 Å². The molecule has 2 heteroatoms. The number of hydrogen-bond acceptors (Lipinski definition) is 2. The van der Waals surface area contributed by atoms with Gasteiger partial charge in [-0.3, -0.25) is 0 Å². The first-order valence-electron chi connectivity index (χ1n) is 5.25. The van der Waals surface area contributed by atoms with Gasteiger partial charge >= 0.3 is 5.97 Å². The fraction of sp³-hybridized carbons (Fsp3) is 0.583. The Morgan fingerprint density at radius 1 is 1.29 bits per heavy atom. The quantitative estimate of drug-likeness (QED) is 0.258. The molecule has 80 valence electrons. The molecular weight excluding hydrogens is 176 g/mol. The maximum absolute atomic E-state index is 10.6. The van der Waals surface area contributed by atoms with E-state index in [2.05, 4.69) is 25.7 Å². The van der Waals surface area contributed by atoms with Crippen molar-refractivity contribution in [2.75, 3.05) is 6.61 Å². The minimum absolute atomic E-state index is 0.333. The van der Waals surface area contributed by atoms with Crippen molar-refractivity contribution < 1.29 is 9.53 Å². The molecule has 0 N–H and O–H groups in total. The minimum atomic E-state index is -0.333. The van der Waals surface area contributed by atoms with E-state index in [0.717, 1.165) is 19.3 Å². The monoisotopic (exact) mass is 196 g/mol. The zero-order chi connectivity index (χ0) is 10.6. The molecule has 0 heterocycles. The number of esters is 1. The molecule has 0 saturated heterocycles. The molecule has 0 fully saturated rings. The molecule has 0 aliphatic heterocycles. The van der Waals surface area contributed by atoms with E-state index in [1.165, 1.54) is 18.9 Å². The molecule has 0 spiro atoms. The highest BCUT2D eigenvalue weighted by atomic mass is 16.5. The molecule has 0 aromatic carbocycles. The lowest BCUT2D eigenvalue weighted by molar-refractivity contribution is -0.137. The van der Waals surface area contributed by atoms with Gasteiger partial charge in [0.1, 0.15) is 0 Å². The van der Waals surface area contributed by atoms with Gasteiger partial charge in [0.2, 0.25) is 0 Å². The van der Waals surface area contributed by atoms with E-state index in [1.54, 1.807) is 0 Å². The Balaban J connectivity index is 3.16. The van der Waals surface area contributed by atoms with Crippen LogP contribution in [0.4, 0.5) is 0 Å². The molecule has 0 aliphatic carbocycles. The van der Waals surface area contributed by atoms with E-state index in [-0.39, 0.29) is 5.97 Å². The van der Waals surface area contributed by atoms with Gasteiger partial charge in [-0.15, -0.1) is 0 Å². The summed E-state index contributed by atoms with van der Waals surface area (Å²) in [4.78, 5) is 10.6. The van der Waals surface area contributed by atoms with Crippen molar-refractivity contribution in [3.05, 3.63) is 24.8 Å². The van der Waals surface area contributed by atoms with E-state index in [0.29, 0.717) is 6.61 Å². The van der Waals surface area contributed by atoms with Crippen LogP contribution in [-0.4, -0.2) is 12.6 Å². The number of carbonyl (C=O) groups excluding carboxylic acids is 1. The second kappa shape index (κ2) is 10.0. The Kier molecular flexibility index (Phi) is 9.28. The van der Waals surface area contributed by atoms with E-state index < -0.39 is 0 Å². The highest BCUT2D eigenvalue weighted by Gasteiger charge is 1.92. The first-order chi connectivity index (χ1) is 6.81. The summed E-state index contributed by atoms with van der Waals surface area (Å²) in [5.41, 5.74) is 0. The van der Waals surface area contributed by atoms with Crippen LogP contribution in [0.2, 0.25) is 0 Å². The molecule has 0 saturated carbocycles. The van der Waals surface area contributed by atoms with Crippen molar-refractivity contribution in [1.82, 2.24) is 0 Å². The first kappa shape index (κ1) is 12.9. The van der Waals surface area contributed by atoms with Crippen LogP contribution in [-0.2, 0) is 9.53 Å². The van der Waals surface area contributed by atoms with Gasteiger partial charge in [0, 0.05) is 6.08 Å². The summed E-state index contributed by atoms with van der Waals surface area (Å²) >= 11 is 0. The third-order valence-corrected chi connectivity index (χ3v) is 1.82. The van der Waals surface area contributed by atoms with Gasteiger partial charge in [0.25, 0.3) is 0 Å². The zero-order valence-corrected chi connectivity index (χ0v) is 9.00. The van der Waals surface area contributed by atoms with Crippen molar-refractivity contribution in [1.29, 1.82) is 0 Å². The molecule has 0 radical (unpaired) electrons. The van der Waals surface area contributed by atoms with Crippen LogP contribution in [0.3, 0.4) is 0 Å². The number of unbranched alkanes of at least 4 members (excludes halogenated alkanes) is 3. The third-order valence-electron chi connectivity index (χ3n) is 1.82. The highest BCUT2D eigenvalue weighted by Crippen LogP contribution is 1.98. The summed E-state index contributed by atoms with van der Waals surface area (Å²) < 4.78 is 4.83. The number of allylic oxidation sites excluding steroid dienone is 2. The average Bonchev–Trinajstić information content (AvgIpc) is 2.21. The molecule has 0 atom stereocenters. The average molecular weight is 196 g/mol. The summed E-state index contributed by atoms with van der Waals surface area (Å²) in [5, 5.41) is 0. The van der Waals surface area contributed by atoms with Crippen molar-refractivity contribution in [3.8, 4) is 0 Å². The Hall–Kier alpha value is -1.05. The van der Waals surface area contributed by atoms with Crippen LogP contribution < -0.4 is 0 Å². The highest BCUT2D eigenvalue weighted by molar-refractivity contribution is 5.81. The van der Waals surface area contributed by atoms with Crippen molar-refractivity contribution >= 4 is 5.97 Å². The summed E-state index contributed by atoms with van der Waals surface area (Å²) in [6, 6.07) is 0. The second-order valence-corrected chi connectivity index (χ2v) is 3.13. The molecule has 0 unspecified atom stereocenters. The summed E-state index contributed by atoms with van der Waals surface area (Å²) in [6.45, 7) is 5.99. The molecule has 2 nitrogen and oxygen atoms in total. The van der Waals surface area contributed by atoms with Crippen LogP contribution in [0.5, 0.6) is 0 Å². The summed E-state index contributed by atoms with van der Waals surface area (Å²) in [5.74, 6) is -0.333. The van der Waals surface area contributed by atoms with Gasteiger partial charge in [-0.05, 0) is 19.3 Å². The number of hydrogen-bond donors (Lipinski definition) is 0. The maximum atomic E-state index is 10.6. The molecule has 0 aliphatic rings. The lowest BCUT2D eigenvalue weighted by Crippen LogP contribution is -2.00. The van der Waals surface area contributed by atoms with Crippen molar-refractivity contribution in [3.63, 3.8) is 0 Å². The van der Waals surface area contributed by atoms with Crippen molar-refractivity contribution in [2.24, 2.45) is 0 Å². The van der Waals surface area contributed by atoms with Gasteiger partial charge in [-0.1, -0.05) is 38.5 Å². The third kappa shape index (κ3) is 9.04. The maximum Gasteiger partial charge on any atom is 0.330 e. The number of ether oxygens (including phenoxy) is 1. The normalized spacial score (nSPS) is 10.4. The van der Waals surface area contributed by atoms with Crippen LogP contribution in [0, 0.1) is 0 Å². The second-order valence-electron chi connectivity index (χ2n) is 3.13. The van der Waals surface area contributed by atoms with Crippen LogP contribution in [0.25, 0.3) is 0 Å². The number of carbonyl (C=O) groups is 1. The van der Waals surface area contributed by atoms with Crippen LogP contribution in [0.1, 0.15) is 39.0 Å². The van der Waals surface area contributed by atoms with E-state index in [4.69, 9.17) is 4.74 Å². The van der Waals surface area contributed by atoms with E-state index >= 15 is 0 Å². The molecule has 0 aromatic heterocycles. The zero-order valence-electron chi connectivity index (χ0n) is 9.00. The van der Waals surface area contributed by atoms with Crippen LogP contribution >= 0.6 is 0 Å². The summed E-state index contributed by atoms with van der Waals surface area (Å²) in [7, 11) is 0. The van der Waals surface area contributed by atoms with Gasteiger partial charge < -0.3 is 4.74 Å².